The highest BCUT2D eigenvalue weighted by molar-refractivity contribution is 4.97. The molecule has 0 aromatic carbocycles. The number of halogens is 3. The van der Waals surface area contributed by atoms with E-state index in [0.29, 0.717) is 25.3 Å². The molecule has 0 spiro atoms. The molecule has 1 unspecified atom stereocenters. The number of nitrogens with one attached hydrogen (secondary N) is 1. The minimum absolute atomic E-state index is 0.121. The Morgan fingerprint density at radius 2 is 2.12 bits per heavy atom. The van der Waals surface area contributed by atoms with Crippen LogP contribution in [0.1, 0.15) is 26.1 Å². The van der Waals surface area contributed by atoms with Gasteiger partial charge in [-0.15, -0.1) is 0 Å². The van der Waals surface area contributed by atoms with Crippen molar-refractivity contribution < 1.29 is 13.2 Å². The second kappa shape index (κ2) is 6.05. The number of rotatable bonds is 6. The van der Waals surface area contributed by atoms with Crippen LogP contribution >= 0.6 is 0 Å². The Morgan fingerprint density at radius 3 is 2.65 bits per heavy atom. The smallest absolute Gasteiger partial charge is 0.335 e. The molecule has 98 valence electrons. The summed E-state index contributed by atoms with van der Waals surface area (Å²) in [5, 5.41) is 2.52. The molecule has 0 aliphatic carbocycles. The zero-order valence-electron chi connectivity index (χ0n) is 10.1. The standard InChI is InChI=1S/C11H18F3N3/c1-3-5-15-9(11(12,13)14)8-10-16-6-7-17(10)4-2/h6-7,9,15H,3-5,8H2,1-2H3. The van der Waals surface area contributed by atoms with Gasteiger partial charge in [-0.1, -0.05) is 6.92 Å². The van der Waals surface area contributed by atoms with E-state index in [-0.39, 0.29) is 6.42 Å². The average molecular weight is 249 g/mol. The van der Waals surface area contributed by atoms with E-state index in [1.807, 2.05) is 13.8 Å². The average Bonchev–Trinajstić information content (AvgIpc) is 2.69. The third kappa shape index (κ3) is 4.03. The van der Waals surface area contributed by atoms with E-state index < -0.39 is 12.2 Å². The molecule has 0 saturated carbocycles. The van der Waals surface area contributed by atoms with Gasteiger partial charge in [0.05, 0.1) is 0 Å². The number of alkyl halides is 3. The maximum atomic E-state index is 12.8. The minimum Gasteiger partial charge on any atom is -0.335 e. The van der Waals surface area contributed by atoms with E-state index in [1.165, 1.54) is 6.20 Å². The summed E-state index contributed by atoms with van der Waals surface area (Å²) >= 11 is 0. The number of hydrogen-bond acceptors (Lipinski definition) is 2. The predicted octanol–water partition coefficient (Wildman–Crippen LogP) is 2.38. The molecule has 3 nitrogen and oxygen atoms in total. The summed E-state index contributed by atoms with van der Waals surface area (Å²) in [7, 11) is 0. The lowest BCUT2D eigenvalue weighted by Crippen LogP contribution is -2.44. The van der Waals surface area contributed by atoms with Crippen LogP contribution in [0.4, 0.5) is 13.2 Å². The van der Waals surface area contributed by atoms with Crippen molar-refractivity contribution in [3.8, 4) is 0 Å². The lowest BCUT2D eigenvalue weighted by atomic mass is 10.2. The first-order valence-corrected chi connectivity index (χ1v) is 5.79. The van der Waals surface area contributed by atoms with Crippen LogP contribution in [0.15, 0.2) is 12.4 Å². The van der Waals surface area contributed by atoms with E-state index in [2.05, 4.69) is 10.3 Å². The van der Waals surface area contributed by atoms with Gasteiger partial charge < -0.3 is 9.88 Å². The van der Waals surface area contributed by atoms with Gasteiger partial charge in [-0.05, 0) is 19.9 Å². The van der Waals surface area contributed by atoms with Crippen LogP contribution in [-0.4, -0.2) is 28.3 Å². The molecule has 0 aliphatic heterocycles. The molecule has 0 amide bonds. The zero-order chi connectivity index (χ0) is 12.9. The molecule has 6 heteroatoms. The van der Waals surface area contributed by atoms with Gasteiger partial charge in [-0.2, -0.15) is 13.2 Å². The third-order valence-corrected chi connectivity index (χ3v) is 2.56. The Hall–Kier alpha value is -1.04. The highest BCUT2D eigenvalue weighted by atomic mass is 19.4. The first kappa shape index (κ1) is 14.0. The van der Waals surface area contributed by atoms with Crippen molar-refractivity contribution in [2.75, 3.05) is 6.54 Å². The first-order valence-electron chi connectivity index (χ1n) is 5.79. The fourth-order valence-electron chi connectivity index (χ4n) is 1.62. The summed E-state index contributed by atoms with van der Waals surface area (Å²) in [5.41, 5.74) is 0. The molecule has 1 heterocycles. The van der Waals surface area contributed by atoms with E-state index in [0.717, 1.165) is 0 Å². The minimum atomic E-state index is -4.24. The number of aryl methyl sites for hydroxylation is 1. The maximum absolute atomic E-state index is 12.8. The highest BCUT2D eigenvalue weighted by Crippen LogP contribution is 2.22. The fraction of sp³-hybridized carbons (Fsp3) is 0.727. The van der Waals surface area contributed by atoms with Crippen molar-refractivity contribution in [3.63, 3.8) is 0 Å². The lowest BCUT2D eigenvalue weighted by Gasteiger charge is -2.21. The Morgan fingerprint density at radius 1 is 1.41 bits per heavy atom. The topological polar surface area (TPSA) is 29.9 Å². The Balaban J connectivity index is 2.72. The Bertz CT molecular complexity index is 333. The van der Waals surface area contributed by atoms with Gasteiger partial charge in [0.1, 0.15) is 11.9 Å². The van der Waals surface area contributed by atoms with Crippen LogP contribution in [0.25, 0.3) is 0 Å². The van der Waals surface area contributed by atoms with Crippen LogP contribution in [0.3, 0.4) is 0 Å². The summed E-state index contributed by atoms with van der Waals surface area (Å²) in [6.07, 6.45) is -0.451. The van der Waals surface area contributed by atoms with Gasteiger partial charge in [0.2, 0.25) is 0 Å². The SMILES string of the molecule is CCCNC(Cc1nccn1CC)C(F)(F)F. The van der Waals surface area contributed by atoms with Crippen molar-refractivity contribution in [2.24, 2.45) is 0 Å². The van der Waals surface area contributed by atoms with Gasteiger partial charge in [0, 0.05) is 25.4 Å². The van der Waals surface area contributed by atoms with Crippen LogP contribution in [-0.2, 0) is 13.0 Å². The number of nitrogens with zero attached hydrogens (tertiary/aromatic N) is 2. The van der Waals surface area contributed by atoms with Gasteiger partial charge >= 0.3 is 6.18 Å². The molecule has 17 heavy (non-hydrogen) atoms. The molecule has 1 aromatic heterocycles. The molecular weight excluding hydrogens is 231 g/mol. The Kier molecular flexibility index (Phi) is 4.99. The van der Waals surface area contributed by atoms with Crippen LogP contribution < -0.4 is 5.32 Å². The van der Waals surface area contributed by atoms with Gasteiger partial charge in [-0.3, -0.25) is 0 Å². The van der Waals surface area contributed by atoms with Crippen LogP contribution in [0.2, 0.25) is 0 Å². The first-order chi connectivity index (χ1) is 7.99. The number of aromatic nitrogens is 2. The van der Waals surface area contributed by atoms with E-state index in [9.17, 15) is 13.2 Å². The van der Waals surface area contributed by atoms with Gasteiger partial charge in [-0.25, -0.2) is 4.98 Å². The molecule has 0 bridgehead atoms. The molecule has 1 rings (SSSR count). The van der Waals surface area contributed by atoms with Crippen molar-refractivity contribution >= 4 is 0 Å². The molecule has 0 aliphatic rings. The summed E-state index contributed by atoms with van der Waals surface area (Å²) in [6.45, 7) is 4.71. The van der Waals surface area contributed by atoms with Crippen LogP contribution in [0.5, 0.6) is 0 Å². The van der Waals surface area contributed by atoms with Gasteiger partial charge in [0.15, 0.2) is 0 Å². The quantitative estimate of drug-likeness (QED) is 0.838. The summed E-state index contributed by atoms with van der Waals surface area (Å²) < 4.78 is 40.0. The predicted molar refractivity (Wildman–Crippen MR) is 59.7 cm³/mol. The van der Waals surface area contributed by atoms with E-state index in [1.54, 1.807) is 10.8 Å². The van der Waals surface area contributed by atoms with E-state index in [4.69, 9.17) is 0 Å². The van der Waals surface area contributed by atoms with Crippen molar-refractivity contribution in [1.29, 1.82) is 0 Å². The highest BCUT2D eigenvalue weighted by Gasteiger charge is 2.39. The van der Waals surface area contributed by atoms with Crippen LogP contribution in [0, 0.1) is 0 Å². The third-order valence-electron chi connectivity index (χ3n) is 2.56. The normalized spacial score (nSPS) is 13.9. The van der Waals surface area contributed by atoms with Crippen molar-refractivity contribution in [2.45, 2.75) is 45.5 Å². The summed E-state index contributed by atoms with van der Waals surface area (Å²) in [5.74, 6) is 0.471. The summed E-state index contributed by atoms with van der Waals surface area (Å²) in [4.78, 5) is 3.97. The second-order valence-electron chi connectivity index (χ2n) is 3.88. The molecule has 1 aromatic rings. The number of imidazole rings is 1. The molecule has 1 N–H and O–H groups in total. The Labute approximate surface area is 99.0 Å². The van der Waals surface area contributed by atoms with Gasteiger partial charge in [0.25, 0.3) is 0 Å². The number of hydrogen-bond donors (Lipinski definition) is 1. The fourth-order valence-corrected chi connectivity index (χ4v) is 1.62. The van der Waals surface area contributed by atoms with E-state index >= 15 is 0 Å². The monoisotopic (exact) mass is 249 g/mol. The molecule has 0 radical (unpaired) electrons. The second-order valence-corrected chi connectivity index (χ2v) is 3.88. The lowest BCUT2D eigenvalue weighted by molar-refractivity contribution is -0.155. The zero-order valence-corrected chi connectivity index (χ0v) is 10.1. The van der Waals surface area contributed by atoms with Crippen molar-refractivity contribution in [3.05, 3.63) is 18.2 Å². The largest absolute Gasteiger partial charge is 0.404 e. The summed E-state index contributed by atoms with van der Waals surface area (Å²) in [6, 6.07) is -1.52. The molecule has 0 saturated heterocycles. The molecule has 0 fully saturated rings. The maximum Gasteiger partial charge on any atom is 0.404 e. The molecule has 1 atom stereocenters. The molecular formula is C11H18F3N3. The van der Waals surface area contributed by atoms with Crippen molar-refractivity contribution in [1.82, 2.24) is 14.9 Å².